The predicted molar refractivity (Wildman–Crippen MR) is 119 cm³/mol. The first-order chi connectivity index (χ1) is 15.2. The third-order valence-corrected chi connectivity index (χ3v) is 6.95. The third-order valence-electron chi connectivity index (χ3n) is 5.88. The molecule has 3 aromatic heterocycles. The highest BCUT2D eigenvalue weighted by molar-refractivity contribution is 7.22. The van der Waals surface area contributed by atoms with Gasteiger partial charge in [-0.3, -0.25) is 9.78 Å². The molecule has 11 heteroatoms. The number of fused-ring (bicyclic) bond motifs is 1. The van der Waals surface area contributed by atoms with Crippen LogP contribution >= 0.6 is 11.3 Å². The summed E-state index contributed by atoms with van der Waals surface area (Å²) in [4.78, 5) is 46.1. The van der Waals surface area contributed by atoms with Gasteiger partial charge in [-0.25, -0.2) is 19.7 Å². The summed E-state index contributed by atoms with van der Waals surface area (Å²) in [7, 11) is 0. The fourth-order valence-corrected chi connectivity index (χ4v) is 5.29. The normalized spacial score (nSPS) is 20.0. The van der Waals surface area contributed by atoms with Gasteiger partial charge in [0.05, 0.1) is 18.3 Å². The molecule has 1 atom stereocenters. The first kappa shape index (κ1) is 20.3. The highest BCUT2D eigenvalue weighted by Crippen LogP contribution is 2.34. The molecule has 0 aromatic carbocycles. The lowest BCUT2D eigenvalue weighted by Gasteiger charge is -2.26. The van der Waals surface area contributed by atoms with Crippen molar-refractivity contribution in [1.82, 2.24) is 29.8 Å². The maximum Gasteiger partial charge on any atom is 0.325 e. The molecule has 2 aliphatic rings. The van der Waals surface area contributed by atoms with Crippen LogP contribution in [0.25, 0.3) is 20.9 Å². The number of rotatable bonds is 6. The average molecular weight is 444 g/mol. The van der Waals surface area contributed by atoms with Gasteiger partial charge in [0.25, 0.3) is 5.56 Å². The van der Waals surface area contributed by atoms with Crippen molar-refractivity contribution in [3.05, 3.63) is 33.4 Å². The molecule has 0 radical (unpaired) electrons. The molecule has 0 bridgehead atoms. The maximum atomic E-state index is 12.1. The lowest BCUT2D eigenvalue weighted by Crippen LogP contribution is -2.34. The molecular weight excluding hydrogens is 418 g/mol. The average Bonchev–Trinajstić information content (AvgIpc) is 3.41. The van der Waals surface area contributed by atoms with Crippen LogP contribution in [0, 0.1) is 0 Å². The number of thiazole rings is 1. The van der Waals surface area contributed by atoms with E-state index in [-0.39, 0.29) is 6.10 Å². The monoisotopic (exact) mass is 443 g/mol. The van der Waals surface area contributed by atoms with Gasteiger partial charge in [-0.15, -0.1) is 11.3 Å². The van der Waals surface area contributed by atoms with Crippen molar-refractivity contribution < 1.29 is 4.74 Å². The number of piperidine rings is 1. The molecule has 164 valence electrons. The number of aromatic amines is 2. The van der Waals surface area contributed by atoms with Crippen LogP contribution in [-0.4, -0.2) is 75.3 Å². The third kappa shape index (κ3) is 4.39. The first-order valence-corrected chi connectivity index (χ1v) is 11.5. The van der Waals surface area contributed by atoms with E-state index in [1.54, 1.807) is 0 Å². The van der Waals surface area contributed by atoms with Crippen molar-refractivity contribution in [3.8, 4) is 10.6 Å². The van der Waals surface area contributed by atoms with Crippen LogP contribution in [0.2, 0.25) is 0 Å². The Kier molecular flexibility index (Phi) is 5.79. The van der Waals surface area contributed by atoms with E-state index in [2.05, 4.69) is 34.7 Å². The number of hydrogen-bond acceptors (Lipinski definition) is 9. The fourth-order valence-electron chi connectivity index (χ4n) is 4.24. The van der Waals surface area contributed by atoms with Crippen molar-refractivity contribution in [1.29, 1.82) is 0 Å². The quantitative estimate of drug-likeness (QED) is 0.583. The summed E-state index contributed by atoms with van der Waals surface area (Å²) < 4.78 is 6.98. The number of aromatic nitrogens is 5. The zero-order valence-electron chi connectivity index (χ0n) is 17.2. The molecule has 10 nitrogen and oxygen atoms in total. The van der Waals surface area contributed by atoms with Crippen LogP contribution in [0.5, 0.6) is 0 Å². The van der Waals surface area contributed by atoms with E-state index in [0.717, 1.165) is 43.2 Å². The Hall–Kier alpha value is -2.63. The van der Waals surface area contributed by atoms with Gasteiger partial charge in [-0.05, 0) is 32.4 Å². The Balaban J connectivity index is 1.28. The molecule has 0 amide bonds. The van der Waals surface area contributed by atoms with Gasteiger partial charge in [0.15, 0.2) is 11.5 Å². The molecule has 5 heterocycles. The summed E-state index contributed by atoms with van der Waals surface area (Å²) in [5, 5.41) is 0.503. The highest BCUT2D eigenvalue weighted by Gasteiger charge is 2.27. The number of likely N-dealkylation sites (tertiary alicyclic amines) is 1. The van der Waals surface area contributed by atoms with Gasteiger partial charge in [0, 0.05) is 25.8 Å². The standard InChI is InChI=1S/C20H25N7O3S/c28-18-14(10-21-20(29)25-18)19-24-16-15(31-19)17(23-12-22-16)27-7-4-13(11-27)30-9-8-26-5-2-1-3-6-26/h10,12-13H,1-9,11H2,(H2,21,25,28,29). The van der Waals surface area contributed by atoms with E-state index in [1.165, 1.54) is 56.2 Å². The first-order valence-electron chi connectivity index (χ1n) is 10.7. The second-order valence-corrected chi connectivity index (χ2v) is 8.98. The lowest BCUT2D eigenvalue weighted by molar-refractivity contribution is 0.0467. The largest absolute Gasteiger partial charge is 0.375 e. The molecule has 3 aromatic rings. The molecule has 2 aliphatic heterocycles. The van der Waals surface area contributed by atoms with Crippen molar-refractivity contribution in [2.75, 3.05) is 44.2 Å². The van der Waals surface area contributed by atoms with Gasteiger partial charge in [-0.1, -0.05) is 6.42 Å². The summed E-state index contributed by atoms with van der Waals surface area (Å²) in [6, 6.07) is 0. The van der Waals surface area contributed by atoms with Crippen molar-refractivity contribution in [3.63, 3.8) is 0 Å². The molecule has 5 rings (SSSR count). The van der Waals surface area contributed by atoms with Gasteiger partial charge < -0.3 is 19.5 Å². The molecule has 0 saturated carbocycles. The Morgan fingerprint density at radius 1 is 1.16 bits per heavy atom. The summed E-state index contributed by atoms with van der Waals surface area (Å²) in [6.07, 6.45) is 7.96. The molecule has 0 aliphatic carbocycles. The summed E-state index contributed by atoms with van der Waals surface area (Å²) in [6.45, 7) is 5.76. The minimum atomic E-state index is -0.543. The van der Waals surface area contributed by atoms with E-state index in [9.17, 15) is 9.59 Å². The highest BCUT2D eigenvalue weighted by atomic mass is 32.1. The van der Waals surface area contributed by atoms with Gasteiger partial charge >= 0.3 is 5.69 Å². The van der Waals surface area contributed by atoms with Crippen molar-refractivity contribution in [2.24, 2.45) is 0 Å². The second-order valence-electron chi connectivity index (χ2n) is 7.98. The van der Waals surface area contributed by atoms with Crippen LogP contribution < -0.4 is 16.1 Å². The minimum absolute atomic E-state index is 0.184. The number of hydrogen-bond donors (Lipinski definition) is 2. The topological polar surface area (TPSA) is 120 Å². The van der Waals surface area contributed by atoms with E-state index >= 15 is 0 Å². The van der Waals surface area contributed by atoms with Gasteiger partial charge in [0.2, 0.25) is 0 Å². The van der Waals surface area contributed by atoms with Gasteiger partial charge in [-0.2, -0.15) is 0 Å². The van der Waals surface area contributed by atoms with Gasteiger partial charge in [0.1, 0.15) is 16.0 Å². The summed E-state index contributed by atoms with van der Waals surface area (Å²) >= 11 is 1.35. The zero-order chi connectivity index (χ0) is 21.2. The SMILES string of the molecule is O=c1[nH]cc(-c2nc3ncnc(N4CCC(OCCN5CCCCC5)C4)c3s2)c(=O)[nH]1. The Morgan fingerprint density at radius 3 is 2.87 bits per heavy atom. The Morgan fingerprint density at radius 2 is 2.03 bits per heavy atom. The summed E-state index contributed by atoms with van der Waals surface area (Å²) in [5.41, 5.74) is -0.154. The summed E-state index contributed by atoms with van der Waals surface area (Å²) in [5.74, 6) is 0.816. The Labute approximate surface area is 182 Å². The van der Waals surface area contributed by atoms with Crippen LogP contribution in [0.1, 0.15) is 25.7 Å². The van der Waals surface area contributed by atoms with E-state index in [0.29, 0.717) is 16.2 Å². The molecule has 1 unspecified atom stereocenters. The smallest absolute Gasteiger partial charge is 0.325 e. The van der Waals surface area contributed by atoms with Crippen molar-refractivity contribution >= 4 is 27.5 Å². The lowest BCUT2D eigenvalue weighted by atomic mass is 10.1. The predicted octanol–water partition coefficient (Wildman–Crippen LogP) is 1.21. The second kappa shape index (κ2) is 8.85. The van der Waals surface area contributed by atoms with Crippen LogP contribution in [0.3, 0.4) is 0 Å². The molecule has 0 spiro atoms. The van der Waals surface area contributed by atoms with Crippen LogP contribution in [-0.2, 0) is 4.74 Å². The number of H-pyrrole nitrogens is 2. The molecule has 31 heavy (non-hydrogen) atoms. The molecule has 2 saturated heterocycles. The Bertz CT molecular complexity index is 1170. The number of anilines is 1. The van der Waals surface area contributed by atoms with E-state index < -0.39 is 11.2 Å². The number of nitrogens with zero attached hydrogens (tertiary/aromatic N) is 5. The van der Waals surface area contributed by atoms with Crippen LogP contribution in [0.4, 0.5) is 5.82 Å². The minimum Gasteiger partial charge on any atom is -0.375 e. The van der Waals surface area contributed by atoms with E-state index in [1.807, 2.05) is 0 Å². The molecule has 2 fully saturated rings. The van der Waals surface area contributed by atoms with E-state index in [4.69, 9.17) is 4.74 Å². The zero-order valence-corrected chi connectivity index (χ0v) is 18.0. The number of nitrogens with one attached hydrogen (secondary N) is 2. The fraction of sp³-hybridized carbons (Fsp3) is 0.550. The number of ether oxygens (including phenoxy) is 1. The van der Waals surface area contributed by atoms with Crippen molar-refractivity contribution in [2.45, 2.75) is 31.8 Å². The maximum absolute atomic E-state index is 12.1. The molecule has 2 N–H and O–H groups in total. The van der Waals surface area contributed by atoms with Crippen LogP contribution in [0.15, 0.2) is 22.1 Å². The molecular formula is C20H25N7O3S.